The molecule has 2 saturated heterocycles. The van der Waals surface area contributed by atoms with Crippen LogP contribution in [-0.2, 0) is 16.6 Å². The lowest BCUT2D eigenvalue weighted by Crippen LogP contribution is -2.52. The van der Waals surface area contributed by atoms with Gasteiger partial charge in [-0.25, -0.2) is 4.98 Å². The number of carbonyl (C=O) groups is 1. The molecule has 2 fully saturated rings. The molecule has 0 radical (unpaired) electrons. The molecular formula is C31H39N9O2S. The number of rotatable bonds is 6. The van der Waals surface area contributed by atoms with Crippen molar-refractivity contribution in [3.8, 4) is 17.6 Å². The number of hydrogen-bond donors (Lipinski definition) is 1. The second-order valence-corrected chi connectivity index (χ2v) is 13.0. The van der Waals surface area contributed by atoms with Crippen molar-refractivity contribution in [2.45, 2.75) is 51.5 Å². The zero-order valence-electron chi connectivity index (χ0n) is 25.2. The summed E-state index contributed by atoms with van der Waals surface area (Å²) in [6.45, 7) is 16.6. The smallest absolute Gasteiger partial charge is 0.246 e. The number of piperazine rings is 2. The van der Waals surface area contributed by atoms with Crippen LogP contribution in [0.3, 0.4) is 0 Å². The van der Waals surface area contributed by atoms with Crippen LogP contribution in [0, 0.1) is 11.3 Å². The van der Waals surface area contributed by atoms with Gasteiger partial charge in [0, 0.05) is 74.0 Å². The van der Waals surface area contributed by atoms with Crippen molar-refractivity contribution < 1.29 is 9.32 Å². The second-order valence-electron chi connectivity index (χ2n) is 11.9. The minimum atomic E-state index is -0.599. The first-order valence-corrected chi connectivity index (χ1v) is 15.9. The summed E-state index contributed by atoms with van der Waals surface area (Å²) in [5.41, 5.74) is 8.76. The van der Waals surface area contributed by atoms with E-state index in [4.69, 9.17) is 20.2 Å². The number of nitrogens with zero attached hydrogens (tertiary/aromatic N) is 8. The van der Waals surface area contributed by atoms with E-state index in [9.17, 15) is 10.1 Å². The summed E-state index contributed by atoms with van der Waals surface area (Å²) in [7, 11) is 0. The van der Waals surface area contributed by atoms with Crippen molar-refractivity contribution in [2.24, 2.45) is 0 Å². The minimum absolute atomic E-state index is 0.0378. The molecule has 3 aliphatic rings. The van der Waals surface area contributed by atoms with E-state index in [2.05, 4.69) is 59.3 Å². The number of pyridine rings is 1. The predicted molar refractivity (Wildman–Crippen MR) is 168 cm³/mol. The molecule has 2 unspecified atom stereocenters. The van der Waals surface area contributed by atoms with E-state index in [1.54, 1.807) is 0 Å². The van der Waals surface area contributed by atoms with Gasteiger partial charge in [-0.05, 0) is 51.8 Å². The van der Waals surface area contributed by atoms with Crippen LogP contribution in [-0.4, -0.2) is 89.2 Å². The van der Waals surface area contributed by atoms with Gasteiger partial charge in [-0.1, -0.05) is 18.7 Å². The Morgan fingerprint density at radius 3 is 2.70 bits per heavy atom. The zero-order chi connectivity index (χ0) is 30.3. The minimum Gasteiger partial charge on any atom is -0.389 e. The standard InChI is InChI=1S/C31H39N9O2S/c1-5-26(41)39-13-11-38(12-14-39)21-16-23(34-25(17-21)40-15-10-37(6-2)20(3)19-40)29-35-30(42-36-29)31(4)9-7-8-24-27(31)22(18-32)28(33)43-24/h5,16-17,20H,1,6-15,19,33H2,2-4H3. The van der Waals surface area contributed by atoms with Crippen LogP contribution in [0.5, 0.6) is 0 Å². The first-order valence-electron chi connectivity index (χ1n) is 15.1. The number of amides is 1. The molecule has 3 aromatic rings. The third-order valence-electron chi connectivity index (χ3n) is 9.30. The van der Waals surface area contributed by atoms with E-state index in [0.717, 1.165) is 67.4 Å². The van der Waals surface area contributed by atoms with Gasteiger partial charge in [-0.3, -0.25) is 9.69 Å². The quantitative estimate of drug-likeness (QED) is 0.418. The number of nitriles is 1. The average Bonchev–Trinajstić information content (AvgIpc) is 3.66. The van der Waals surface area contributed by atoms with E-state index in [1.807, 2.05) is 11.0 Å². The Hall–Kier alpha value is -3.95. The van der Waals surface area contributed by atoms with Crippen molar-refractivity contribution in [1.29, 1.82) is 5.26 Å². The van der Waals surface area contributed by atoms with E-state index < -0.39 is 5.41 Å². The van der Waals surface area contributed by atoms with Crippen LogP contribution in [0.25, 0.3) is 11.5 Å². The number of fused-ring (bicyclic) bond motifs is 1. The molecule has 2 atom stereocenters. The Morgan fingerprint density at radius 2 is 2.00 bits per heavy atom. The Labute approximate surface area is 256 Å². The molecule has 43 heavy (non-hydrogen) atoms. The lowest BCUT2D eigenvalue weighted by molar-refractivity contribution is -0.126. The van der Waals surface area contributed by atoms with Crippen LogP contribution < -0.4 is 15.5 Å². The van der Waals surface area contributed by atoms with E-state index in [-0.39, 0.29) is 5.91 Å². The maximum atomic E-state index is 12.2. The van der Waals surface area contributed by atoms with Gasteiger partial charge in [0.1, 0.15) is 22.6 Å². The van der Waals surface area contributed by atoms with E-state index in [0.29, 0.717) is 60.2 Å². The molecule has 12 heteroatoms. The third-order valence-corrected chi connectivity index (χ3v) is 10.4. The summed E-state index contributed by atoms with van der Waals surface area (Å²) in [6, 6.07) is 6.89. The van der Waals surface area contributed by atoms with Crippen LogP contribution in [0.2, 0.25) is 0 Å². The topological polar surface area (TPSA) is 132 Å². The molecule has 0 aromatic carbocycles. The lowest BCUT2D eigenvalue weighted by atomic mass is 9.72. The van der Waals surface area contributed by atoms with Gasteiger partial charge in [-0.2, -0.15) is 10.2 Å². The van der Waals surface area contributed by atoms with Crippen molar-refractivity contribution in [1.82, 2.24) is 24.9 Å². The number of anilines is 3. The Balaban J connectivity index is 1.36. The fourth-order valence-corrected chi connectivity index (χ4v) is 8.00. The Morgan fingerprint density at radius 1 is 1.23 bits per heavy atom. The van der Waals surface area contributed by atoms with Gasteiger partial charge < -0.3 is 25.0 Å². The number of nitrogens with two attached hydrogens (primary N) is 1. The number of carbonyl (C=O) groups excluding carboxylic acids is 1. The average molecular weight is 602 g/mol. The third kappa shape index (κ3) is 5.25. The van der Waals surface area contributed by atoms with Crippen molar-refractivity contribution >= 4 is 33.8 Å². The van der Waals surface area contributed by atoms with E-state index in [1.165, 1.54) is 17.4 Å². The molecule has 2 aliphatic heterocycles. The van der Waals surface area contributed by atoms with Gasteiger partial charge >= 0.3 is 0 Å². The second kappa shape index (κ2) is 11.6. The van der Waals surface area contributed by atoms with Crippen molar-refractivity contribution in [3.63, 3.8) is 0 Å². The monoisotopic (exact) mass is 601 g/mol. The normalized spacial score (nSPS) is 22.7. The highest BCUT2D eigenvalue weighted by molar-refractivity contribution is 7.16. The largest absolute Gasteiger partial charge is 0.389 e. The van der Waals surface area contributed by atoms with Crippen LogP contribution >= 0.6 is 11.3 Å². The zero-order valence-corrected chi connectivity index (χ0v) is 26.0. The number of thiophene rings is 1. The number of likely N-dealkylation sites (N-methyl/N-ethyl adjacent to an activating group) is 1. The van der Waals surface area contributed by atoms with Crippen LogP contribution in [0.1, 0.15) is 55.5 Å². The van der Waals surface area contributed by atoms with Crippen molar-refractivity contribution in [3.05, 3.63) is 46.7 Å². The van der Waals surface area contributed by atoms with E-state index >= 15 is 0 Å². The molecule has 0 bridgehead atoms. The van der Waals surface area contributed by atoms with Gasteiger partial charge in [-0.15, -0.1) is 11.3 Å². The number of nitrogen functional groups attached to an aromatic ring is 1. The molecule has 0 spiro atoms. The summed E-state index contributed by atoms with van der Waals surface area (Å²) < 4.78 is 5.96. The number of hydrogen-bond acceptors (Lipinski definition) is 11. The molecule has 3 aromatic heterocycles. The first kappa shape index (κ1) is 29.1. The molecule has 0 saturated carbocycles. The van der Waals surface area contributed by atoms with Gasteiger partial charge in [0.25, 0.3) is 0 Å². The molecule has 6 rings (SSSR count). The predicted octanol–water partition coefficient (Wildman–Crippen LogP) is 3.65. The molecule has 2 N–H and O–H groups in total. The first-order chi connectivity index (χ1) is 20.7. The van der Waals surface area contributed by atoms with Gasteiger partial charge in [0.15, 0.2) is 0 Å². The van der Waals surface area contributed by atoms with Crippen molar-refractivity contribution in [2.75, 3.05) is 67.9 Å². The van der Waals surface area contributed by atoms with Gasteiger partial charge in [0.2, 0.25) is 17.6 Å². The SMILES string of the molecule is C=CC(=O)N1CCN(c2cc(-c3noc(C4(C)CCCc5sc(N)c(C#N)c54)n3)nc(N3CCN(CC)C(C)C3)c2)CC1. The summed E-state index contributed by atoms with van der Waals surface area (Å²) in [5, 5.41) is 14.9. The number of aryl methyl sites for hydroxylation is 1. The highest BCUT2D eigenvalue weighted by Crippen LogP contribution is 2.48. The fourth-order valence-electron chi connectivity index (χ4n) is 6.81. The molecule has 1 amide bonds. The van der Waals surface area contributed by atoms with Gasteiger partial charge in [0.05, 0.1) is 11.0 Å². The summed E-state index contributed by atoms with van der Waals surface area (Å²) >= 11 is 1.49. The summed E-state index contributed by atoms with van der Waals surface area (Å²) in [6.07, 6.45) is 4.01. The number of aromatic nitrogens is 3. The molecule has 226 valence electrons. The Kier molecular flexibility index (Phi) is 7.87. The lowest BCUT2D eigenvalue weighted by Gasteiger charge is -2.40. The molecular weight excluding hydrogens is 562 g/mol. The summed E-state index contributed by atoms with van der Waals surface area (Å²) in [5.74, 6) is 1.75. The summed E-state index contributed by atoms with van der Waals surface area (Å²) in [4.78, 5) is 32.2. The highest BCUT2D eigenvalue weighted by atomic mass is 32.1. The molecule has 1 aliphatic carbocycles. The highest BCUT2D eigenvalue weighted by Gasteiger charge is 2.43. The maximum Gasteiger partial charge on any atom is 0.246 e. The van der Waals surface area contributed by atoms with Crippen LogP contribution in [0.4, 0.5) is 16.5 Å². The maximum absolute atomic E-state index is 12.2. The fraction of sp³-hybridized carbons (Fsp3) is 0.516. The molecule has 5 heterocycles. The van der Waals surface area contributed by atoms with Crippen LogP contribution in [0.15, 0.2) is 29.3 Å². The Bertz CT molecular complexity index is 1570. The molecule has 11 nitrogen and oxygen atoms in total.